The van der Waals surface area contributed by atoms with Crippen molar-refractivity contribution in [2.75, 3.05) is 0 Å². The molecule has 8 nitrogen and oxygen atoms in total. The smallest absolute Gasteiger partial charge is 0.306 e. The molecule has 0 amide bonds. The monoisotopic (exact) mass is 453 g/mol. The SMILES string of the molecule is C=O.C=O.CCC.CCC(=O)OC(C)(C)C.Cc1nc(C2CC(C3CC3)=NO2)n(C)c1C. The Morgan fingerprint density at radius 2 is 1.62 bits per heavy atom. The molecular formula is C24H43N3O5. The van der Waals surface area contributed by atoms with Crippen molar-refractivity contribution in [1.82, 2.24) is 9.55 Å². The molecule has 0 N–H and O–H groups in total. The number of esters is 1. The number of hydrogen-bond donors (Lipinski definition) is 0. The highest BCUT2D eigenvalue weighted by molar-refractivity contribution is 5.89. The second-order valence-electron chi connectivity index (χ2n) is 8.50. The highest BCUT2D eigenvalue weighted by Gasteiger charge is 2.36. The number of rotatable bonds is 3. The van der Waals surface area contributed by atoms with Crippen molar-refractivity contribution in [3.05, 3.63) is 17.2 Å². The van der Waals surface area contributed by atoms with E-state index < -0.39 is 0 Å². The molecule has 2 aliphatic rings. The van der Waals surface area contributed by atoms with Crippen LogP contribution in [0.25, 0.3) is 0 Å². The van der Waals surface area contributed by atoms with E-state index >= 15 is 0 Å². The Bertz CT molecular complexity index is 701. The molecule has 0 bridgehead atoms. The molecule has 2 heterocycles. The van der Waals surface area contributed by atoms with Gasteiger partial charge in [0.1, 0.15) is 19.2 Å². The average Bonchev–Trinajstić information content (AvgIpc) is 3.44. The van der Waals surface area contributed by atoms with Crippen LogP contribution in [0.15, 0.2) is 5.16 Å². The topological polar surface area (TPSA) is 99.8 Å². The van der Waals surface area contributed by atoms with Gasteiger partial charge < -0.3 is 23.7 Å². The highest BCUT2D eigenvalue weighted by Crippen LogP contribution is 2.38. The molecule has 1 atom stereocenters. The first-order chi connectivity index (χ1) is 15.0. The van der Waals surface area contributed by atoms with Crippen LogP contribution in [0.1, 0.15) is 97.0 Å². The van der Waals surface area contributed by atoms with Gasteiger partial charge in [-0.25, -0.2) is 4.98 Å². The van der Waals surface area contributed by atoms with Crippen LogP contribution in [0, 0.1) is 19.8 Å². The lowest BCUT2D eigenvalue weighted by Crippen LogP contribution is -2.23. The molecule has 1 fully saturated rings. The molecule has 1 aromatic rings. The highest BCUT2D eigenvalue weighted by atomic mass is 16.6. The molecule has 8 heteroatoms. The molecule has 1 aromatic heterocycles. The van der Waals surface area contributed by atoms with Gasteiger partial charge >= 0.3 is 5.97 Å². The maximum Gasteiger partial charge on any atom is 0.306 e. The standard InChI is InChI=1S/C12H17N3O.C7H14O2.C3H8.2CH2O/c1-7-8(2)15(3)12(13-7)11-6-10(14-16-11)9-4-5-9;1-5-6(8)9-7(2,3)4;1-3-2;2*1-2/h9,11H,4-6H2,1-3H3;5H2,1-4H3;3H2,1-2H3;2*1H2. The second-order valence-corrected chi connectivity index (χ2v) is 8.50. The third-order valence-corrected chi connectivity index (χ3v) is 4.39. The zero-order valence-corrected chi connectivity index (χ0v) is 21.5. The van der Waals surface area contributed by atoms with Gasteiger partial charge in [0.05, 0.1) is 11.4 Å². The Labute approximate surface area is 193 Å². The molecule has 1 saturated carbocycles. The number of imidazole rings is 1. The first-order valence-electron chi connectivity index (χ1n) is 11.1. The summed E-state index contributed by atoms with van der Waals surface area (Å²) in [6, 6.07) is 0. The summed E-state index contributed by atoms with van der Waals surface area (Å²) >= 11 is 0. The minimum absolute atomic E-state index is 0.0352. The summed E-state index contributed by atoms with van der Waals surface area (Å²) in [4.78, 5) is 36.7. The van der Waals surface area contributed by atoms with E-state index in [0.29, 0.717) is 12.3 Å². The summed E-state index contributed by atoms with van der Waals surface area (Å²) < 4.78 is 7.06. The van der Waals surface area contributed by atoms with Gasteiger partial charge in [-0.15, -0.1) is 0 Å². The largest absolute Gasteiger partial charge is 0.460 e. The van der Waals surface area contributed by atoms with Crippen LogP contribution in [-0.2, 0) is 31.0 Å². The Morgan fingerprint density at radius 1 is 1.12 bits per heavy atom. The van der Waals surface area contributed by atoms with Crippen LogP contribution in [0.4, 0.5) is 0 Å². The average molecular weight is 454 g/mol. The second kappa shape index (κ2) is 16.2. The number of carbonyl (C=O) groups is 3. The maximum absolute atomic E-state index is 10.6. The minimum atomic E-state index is -0.326. The summed E-state index contributed by atoms with van der Waals surface area (Å²) in [5, 5.41) is 4.20. The minimum Gasteiger partial charge on any atom is -0.460 e. The van der Waals surface area contributed by atoms with Crippen molar-refractivity contribution < 1.29 is 24.0 Å². The molecule has 32 heavy (non-hydrogen) atoms. The third-order valence-electron chi connectivity index (χ3n) is 4.39. The number of aromatic nitrogens is 2. The van der Waals surface area contributed by atoms with Crippen LogP contribution in [-0.4, -0.2) is 40.4 Å². The van der Waals surface area contributed by atoms with E-state index in [1.54, 1.807) is 6.92 Å². The molecule has 3 rings (SSSR count). The van der Waals surface area contributed by atoms with Gasteiger partial charge in [0, 0.05) is 31.5 Å². The summed E-state index contributed by atoms with van der Waals surface area (Å²) in [6.07, 6.45) is 5.24. The van der Waals surface area contributed by atoms with E-state index in [1.807, 2.05) is 48.3 Å². The Hall–Kier alpha value is -2.51. The normalized spacial score (nSPS) is 16.2. The van der Waals surface area contributed by atoms with Crippen molar-refractivity contribution in [2.24, 2.45) is 18.1 Å². The van der Waals surface area contributed by atoms with Crippen LogP contribution < -0.4 is 0 Å². The predicted molar refractivity (Wildman–Crippen MR) is 128 cm³/mol. The van der Waals surface area contributed by atoms with Crippen molar-refractivity contribution in [1.29, 1.82) is 0 Å². The Morgan fingerprint density at radius 3 is 1.94 bits per heavy atom. The first kappa shape index (κ1) is 31.7. The predicted octanol–water partition coefficient (Wildman–Crippen LogP) is 5.05. The summed E-state index contributed by atoms with van der Waals surface area (Å²) in [7, 11) is 2.04. The number of hydrogen-bond acceptors (Lipinski definition) is 7. The van der Waals surface area contributed by atoms with Gasteiger partial charge in [-0.2, -0.15) is 0 Å². The maximum atomic E-state index is 10.6. The van der Waals surface area contributed by atoms with Gasteiger partial charge in [0.2, 0.25) is 0 Å². The van der Waals surface area contributed by atoms with Crippen molar-refractivity contribution in [3.63, 3.8) is 0 Å². The molecule has 1 unspecified atom stereocenters. The lowest BCUT2D eigenvalue weighted by Gasteiger charge is -2.18. The number of aryl methyl sites for hydroxylation is 1. The molecule has 0 saturated heterocycles. The molecule has 0 aromatic carbocycles. The summed E-state index contributed by atoms with van der Waals surface area (Å²) in [6.45, 7) is 19.7. The van der Waals surface area contributed by atoms with Gasteiger partial charge in [-0.3, -0.25) is 4.79 Å². The third kappa shape index (κ3) is 11.8. The number of ether oxygens (including phenoxy) is 1. The van der Waals surface area contributed by atoms with Crippen LogP contribution in [0.5, 0.6) is 0 Å². The quantitative estimate of drug-likeness (QED) is 0.594. The molecule has 1 aliphatic heterocycles. The fraction of sp³-hybridized carbons (Fsp3) is 0.708. The Balaban J connectivity index is 0. The van der Waals surface area contributed by atoms with E-state index in [-0.39, 0.29) is 17.7 Å². The molecule has 184 valence electrons. The van der Waals surface area contributed by atoms with E-state index in [0.717, 1.165) is 17.9 Å². The fourth-order valence-electron chi connectivity index (χ4n) is 2.64. The number of oxime groups is 1. The molecule has 0 spiro atoms. The Kier molecular flexibility index (Phi) is 16.0. The van der Waals surface area contributed by atoms with Gasteiger partial charge in [0.25, 0.3) is 0 Å². The fourth-order valence-corrected chi connectivity index (χ4v) is 2.64. The van der Waals surface area contributed by atoms with Crippen molar-refractivity contribution >= 4 is 25.3 Å². The molecular weight excluding hydrogens is 410 g/mol. The van der Waals surface area contributed by atoms with E-state index in [1.165, 1.54) is 30.7 Å². The van der Waals surface area contributed by atoms with E-state index in [2.05, 4.69) is 35.5 Å². The van der Waals surface area contributed by atoms with Crippen LogP contribution in [0.2, 0.25) is 0 Å². The zero-order chi connectivity index (χ0) is 25.5. The lowest BCUT2D eigenvalue weighted by molar-refractivity contribution is -0.154. The molecule has 1 aliphatic carbocycles. The van der Waals surface area contributed by atoms with E-state index in [4.69, 9.17) is 19.2 Å². The number of carbonyl (C=O) groups excluding carboxylic acids is 3. The lowest BCUT2D eigenvalue weighted by atomic mass is 10.1. The van der Waals surface area contributed by atoms with Gasteiger partial charge in [-0.1, -0.05) is 32.3 Å². The van der Waals surface area contributed by atoms with Crippen molar-refractivity contribution in [3.8, 4) is 0 Å². The van der Waals surface area contributed by atoms with Crippen molar-refractivity contribution in [2.45, 2.75) is 99.2 Å². The first-order valence-corrected chi connectivity index (χ1v) is 11.1. The van der Waals surface area contributed by atoms with Gasteiger partial charge in [0.15, 0.2) is 11.9 Å². The van der Waals surface area contributed by atoms with Crippen LogP contribution in [0.3, 0.4) is 0 Å². The van der Waals surface area contributed by atoms with Gasteiger partial charge in [-0.05, 0) is 47.5 Å². The molecule has 0 radical (unpaired) electrons. The zero-order valence-electron chi connectivity index (χ0n) is 21.5. The van der Waals surface area contributed by atoms with E-state index in [9.17, 15) is 4.79 Å². The summed E-state index contributed by atoms with van der Waals surface area (Å²) in [5.74, 6) is 1.57. The van der Waals surface area contributed by atoms with Crippen LogP contribution >= 0.6 is 0 Å². The number of nitrogens with zero attached hydrogens (tertiary/aromatic N) is 3. The summed E-state index contributed by atoms with van der Waals surface area (Å²) in [5.41, 5.74) is 3.20.